The summed E-state index contributed by atoms with van der Waals surface area (Å²) in [6.45, 7) is 1.59. The molecule has 4 nitrogen and oxygen atoms in total. The van der Waals surface area contributed by atoms with E-state index in [-0.39, 0.29) is 5.57 Å². The smallest absolute Gasteiger partial charge is 0.346 e. The van der Waals surface area contributed by atoms with Gasteiger partial charge < -0.3 is 10.0 Å². The molecule has 0 aromatic carbocycles. The lowest BCUT2D eigenvalue weighted by molar-refractivity contribution is -0.132. The van der Waals surface area contributed by atoms with Crippen molar-refractivity contribution in [2.75, 3.05) is 14.1 Å². The lowest BCUT2D eigenvalue weighted by Gasteiger charge is -2.03. The number of aliphatic carboxylic acids is 1. The summed E-state index contributed by atoms with van der Waals surface area (Å²) in [5.74, 6) is -1.19. The number of carboxylic acid groups (broad SMARTS) is 1. The standard InChI is InChI=1S/C9H12N2O2/c1-7(4-5-11(2)3)8(6-10)9(12)13/h4-5H,1-3H3,(H,12,13)/b5-4+,8-7-. The van der Waals surface area contributed by atoms with E-state index in [1.807, 2.05) is 14.1 Å². The van der Waals surface area contributed by atoms with E-state index in [2.05, 4.69) is 0 Å². The molecule has 0 fully saturated rings. The second-order valence-electron chi connectivity index (χ2n) is 2.75. The van der Waals surface area contributed by atoms with Crippen molar-refractivity contribution in [1.82, 2.24) is 4.90 Å². The van der Waals surface area contributed by atoms with Crippen LogP contribution in [0.15, 0.2) is 23.4 Å². The molecule has 0 aromatic rings. The predicted molar refractivity (Wildman–Crippen MR) is 48.8 cm³/mol. The molecule has 0 aromatic heterocycles. The van der Waals surface area contributed by atoms with Crippen LogP contribution < -0.4 is 0 Å². The van der Waals surface area contributed by atoms with Crippen molar-refractivity contribution in [3.63, 3.8) is 0 Å². The number of hydrogen-bond donors (Lipinski definition) is 1. The second kappa shape index (κ2) is 4.99. The molecule has 0 radical (unpaired) electrons. The SMILES string of the molecule is CC(/C=C/N(C)C)=C(\C#N)C(=O)O. The molecule has 13 heavy (non-hydrogen) atoms. The Labute approximate surface area is 77.4 Å². The van der Waals surface area contributed by atoms with Gasteiger partial charge in [-0.3, -0.25) is 0 Å². The van der Waals surface area contributed by atoms with Crippen LogP contribution in [0.3, 0.4) is 0 Å². The highest BCUT2D eigenvalue weighted by molar-refractivity contribution is 5.92. The van der Waals surface area contributed by atoms with E-state index in [0.29, 0.717) is 5.57 Å². The molecule has 0 amide bonds. The summed E-state index contributed by atoms with van der Waals surface area (Å²) in [5.41, 5.74) is 0.224. The van der Waals surface area contributed by atoms with Crippen LogP contribution in [0.2, 0.25) is 0 Å². The topological polar surface area (TPSA) is 64.3 Å². The normalized spacial score (nSPS) is 12.2. The molecule has 0 aliphatic rings. The quantitative estimate of drug-likeness (QED) is 0.399. The lowest BCUT2D eigenvalue weighted by Crippen LogP contribution is -2.03. The summed E-state index contributed by atoms with van der Waals surface area (Å²) in [4.78, 5) is 12.3. The molecule has 0 atom stereocenters. The van der Waals surface area contributed by atoms with Gasteiger partial charge in [-0.1, -0.05) is 0 Å². The summed E-state index contributed by atoms with van der Waals surface area (Å²) in [6.07, 6.45) is 3.28. The Morgan fingerprint density at radius 2 is 2.08 bits per heavy atom. The maximum absolute atomic E-state index is 10.5. The van der Waals surface area contributed by atoms with Gasteiger partial charge in [0.2, 0.25) is 0 Å². The van der Waals surface area contributed by atoms with Gasteiger partial charge in [0.25, 0.3) is 0 Å². The van der Waals surface area contributed by atoms with Crippen LogP contribution >= 0.6 is 0 Å². The fourth-order valence-electron chi connectivity index (χ4n) is 0.649. The largest absolute Gasteiger partial charge is 0.477 e. The second-order valence-corrected chi connectivity index (χ2v) is 2.75. The molecule has 0 saturated carbocycles. The third-order valence-electron chi connectivity index (χ3n) is 1.34. The Morgan fingerprint density at radius 3 is 2.38 bits per heavy atom. The first-order chi connectivity index (χ1) is 5.99. The molecule has 0 saturated heterocycles. The maximum atomic E-state index is 10.5. The van der Waals surface area contributed by atoms with E-state index >= 15 is 0 Å². The molecule has 0 rings (SSSR count). The summed E-state index contributed by atoms with van der Waals surface area (Å²) in [7, 11) is 3.63. The molecule has 0 aliphatic carbocycles. The van der Waals surface area contributed by atoms with Crippen LogP contribution in [0.25, 0.3) is 0 Å². The summed E-state index contributed by atoms with van der Waals surface area (Å²) < 4.78 is 0. The summed E-state index contributed by atoms with van der Waals surface area (Å²) in [6, 6.07) is 1.64. The van der Waals surface area contributed by atoms with Crippen molar-refractivity contribution in [3.05, 3.63) is 23.4 Å². The van der Waals surface area contributed by atoms with E-state index in [1.165, 1.54) is 0 Å². The van der Waals surface area contributed by atoms with Crippen LogP contribution in [0.1, 0.15) is 6.92 Å². The summed E-state index contributed by atoms with van der Waals surface area (Å²) >= 11 is 0. The number of allylic oxidation sites excluding steroid dienone is 2. The van der Waals surface area contributed by atoms with E-state index in [1.54, 1.807) is 30.2 Å². The molecule has 0 heterocycles. The van der Waals surface area contributed by atoms with Gasteiger partial charge in [0.1, 0.15) is 11.6 Å². The van der Waals surface area contributed by atoms with Crippen molar-refractivity contribution in [3.8, 4) is 6.07 Å². The minimum absolute atomic E-state index is 0.224. The third-order valence-corrected chi connectivity index (χ3v) is 1.34. The molecule has 4 heteroatoms. The lowest BCUT2D eigenvalue weighted by atomic mass is 10.1. The minimum Gasteiger partial charge on any atom is -0.477 e. The monoisotopic (exact) mass is 180 g/mol. The molecule has 0 spiro atoms. The van der Waals surface area contributed by atoms with E-state index in [9.17, 15) is 4.79 Å². The van der Waals surface area contributed by atoms with Crippen molar-refractivity contribution in [1.29, 1.82) is 5.26 Å². The summed E-state index contributed by atoms with van der Waals surface area (Å²) in [5, 5.41) is 17.1. The van der Waals surface area contributed by atoms with Crippen LogP contribution in [0.5, 0.6) is 0 Å². The zero-order valence-corrected chi connectivity index (χ0v) is 7.90. The Hall–Kier alpha value is -1.76. The van der Waals surface area contributed by atoms with E-state index < -0.39 is 5.97 Å². The van der Waals surface area contributed by atoms with E-state index in [0.717, 1.165) is 0 Å². The zero-order valence-electron chi connectivity index (χ0n) is 7.90. The first-order valence-electron chi connectivity index (χ1n) is 3.68. The number of rotatable bonds is 3. The fourth-order valence-corrected chi connectivity index (χ4v) is 0.649. The first-order valence-corrected chi connectivity index (χ1v) is 3.68. The fraction of sp³-hybridized carbons (Fsp3) is 0.333. The van der Waals surface area contributed by atoms with Crippen molar-refractivity contribution >= 4 is 5.97 Å². The Morgan fingerprint density at radius 1 is 1.54 bits per heavy atom. The highest BCUT2D eigenvalue weighted by atomic mass is 16.4. The van der Waals surface area contributed by atoms with Gasteiger partial charge in [-0.25, -0.2) is 4.79 Å². The molecule has 0 bridgehead atoms. The van der Waals surface area contributed by atoms with Crippen LogP contribution in [0, 0.1) is 11.3 Å². The number of carbonyl (C=O) groups is 1. The molecular formula is C9H12N2O2. The zero-order chi connectivity index (χ0) is 10.4. The minimum atomic E-state index is -1.19. The van der Waals surface area contributed by atoms with Gasteiger partial charge in [0.15, 0.2) is 0 Å². The van der Waals surface area contributed by atoms with Crippen LogP contribution in [-0.2, 0) is 4.79 Å². The molecule has 70 valence electrons. The highest BCUT2D eigenvalue weighted by Gasteiger charge is 2.07. The van der Waals surface area contributed by atoms with Gasteiger partial charge in [-0.05, 0) is 24.8 Å². The Kier molecular flexibility index (Phi) is 4.31. The van der Waals surface area contributed by atoms with Gasteiger partial charge in [-0.2, -0.15) is 5.26 Å². The Bertz CT molecular complexity index is 295. The van der Waals surface area contributed by atoms with Gasteiger partial charge in [-0.15, -0.1) is 0 Å². The maximum Gasteiger partial charge on any atom is 0.346 e. The van der Waals surface area contributed by atoms with E-state index in [4.69, 9.17) is 10.4 Å². The number of nitriles is 1. The molecule has 0 unspecified atom stereocenters. The van der Waals surface area contributed by atoms with Crippen LogP contribution in [-0.4, -0.2) is 30.1 Å². The Balaban J connectivity index is 4.80. The van der Waals surface area contributed by atoms with Crippen molar-refractivity contribution in [2.24, 2.45) is 0 Å². The average molecular weight is 180 g/mol. The molecular weight excluding hydrogens is 168 g/mol. The molecule has 0 aliphatic heterocycles. The molecule has 1 N–H and O–H groups in total. The van der Waals surface area contributed by atoms with Crippen molar-refractivity contribution in [2.45, 2.75) is 6.92 Å². The average Bonchev–Trinajstić information content (AvgIpc) is 2.01. The number of carboxylic acids is 1. The predicted octanol–water partition coefficient (Wildman–Crippen LogP) is 0.986. The van der Waals surface area contributed by atoms with Gasteiger partial charge in [0.05, 0.1) is 0 Å². The number of nitrogens with zero attached hydrogens (tertiary/aromatic N) is 2. The number of hydrogen-bond acceptors (Lipinski definition) is 3. The van der Waals surface area contributed by atoms with Gasteiger partial charge in [0, 0.05) is 14.1 Å². The highest BCUT2D eigenvalue weighted by Crippen LogP contribution is 2.04. The van der Waals surface area contributed by atoms with Crippen LogP contribution in [0.4, 0.5) is 0 Å². The third kappa shape index (κ3) is 3.97. The van der Waals surface area contributed by atoms with Gasteiger partial charge >= 0.3 is 5.97 Å². The first kappa shape index (κ1) is 11.2. The van der Waals surface area contributed by atoms with Crippen molar-refractivity contribution < 1.29 is 9.90 Å².